The number of hydrogen-bond acceptors (Lipinski definition) is 2. The SMILES string of the molecule is CCCCCCN(CCCCCC)CC(C)N(CCCCCC)CCCCCC. The maximum absolute atomic E-state index is 2.83. The summed E-state index contributed by atoms with van der Waals surface area (Å²) in [6.45, 7) is 18.3. The van der Waals surface area contributed by atoms with Crippen LogP contribution in [0.2, 0.25) is 0 Å². The van der Waals surface area contributed by atoms with E-state index in [0.29, 0.717) is 6.04 Å². The van der Waals surface area contributed by atoms with Crippen molar-refractivity contribution in [1.29, 1.82) is 0 Å². The van der Waals surface area contributed by atoms with Gasteiger partial charge < -0.3 is 4.90 Å². The van der Waals surface area contributed by atoms with Crippen LogP contribution in [0.5, 0.6) is 0 Å². The molecule has 1 unspecified atom stereocenters. The van der Waals surface area contributed by atoms with Gasteiger partial charge in [-0.15, -0.1) is 0 Å². The Bertz CT molecular complexity index is 281. The van der Waals surface area contributed by atoms with E-state index in [4.69, 9.17) is 0 Å². The highest BCUT2D eigenvalue weighted by Gasteiger charge is 2.17. The summed E-state index contributed by atoms with van der Waals surface area (Å²) in [5.74, 6) is 0. The molecule has 2 nitrogen and oxygen atoms in total. The predicted octanol–water partition coefficient (Wildman–Crippen LogP) is 8.30. The summed E-state index contributed by atoms with van der Waals surface area (Å²) in [6, 6.07) is 0.704. The van der Waals surface area contributed by atoms with Gasteiger partial charge in [-0.1, -0.05) is 105 Å². The zero-order chi connectivity index (χ0) is 21.6. The Morgan fingerprint density at radius 3 is 1.14 bits per heavy atom. The Hall–Kier alpha value is -0.0800. The van der Waals surface area contributed by atoms with Crippen LogP contribution in [0.15, 0.2) is 0 Å². The molecular formula is C27H58N2. The van der Waals surface area contributed by atoms with Gasteiger partial charge in [0.15, 0.2) is 0 Å². The average molecular weight is 411 g/mol. The number of hydrogen-bond donors (Lipinski definition) is 0. The second-order valence-corrected chi connectivity index (χ2v) is 9.43. The highest BCUT2D eigenvalue weighted by molar-refractivity contribution is 4.73. The van der Waals surface area contributed by atoms with Crippen molar-refractivity contribution in [3.05, 3.63) is 0 Å². The third-order valence-electron chi connectivity index (χ3n) is 6.40. The van der Waals surface area contributed by atoms with Crippen LogP contribution in [0.4, 0.5) is 0 Å². The van der Waals surface area contributed by atoms with Gasteiger partial charge in [0.2, 0.25) is 0 Å². The van der Waals surface area contributed by atoms with Gasteiger partial charge >= 0.3 is 0 Å². The summed E-state index contributed by atoms with van der Waals surface area (Å²) in [5, 5.41) is 0. The fraction of sp³-hybridized carbons (Fsp3) is 1.00. The number of unbranched alkanes of at least 4 members (excludes halogenated alkanes) is 12. The molecule has 0 amide bonds. The topological polar surface area (TPSA) is 6.48 Å². The number of rotatable bonds is 23. The number of nitrogens with zero attached hydrogens (tertiary/aromatic N) is 2. The summed E-state index contributed by atoms with van der Waals surface area (Å²) in [4.78, 5) is 5.64. The summed E-state index contributed by atoms with van der Waals surface area (Å²) in [7, 11) is 0. The van der Waals surface area contributed by atoms with Gasteiger partial charge in [0, 0.05) is 12.6 Å². The molecule has 0 aromatic carbocycles. The maximum atomic E-state index is 2.83. The molecule has 0 aliphatic carbocycles. The predicted molar refractivity (Wildman–Crippen MR) is 134 cm³/mol. The van der Waals surface area contributed by atoms with Crippen LogP contribution >= 0.6 is 0 Å². The van der Waals surface area contributed by atoms with E-state index in [1.165, 1.54) is 135 Å². The minimum Gasteiger partial charge on any atom is -0.302 e. The van der Waals surface area contributed by atoms with Crippen LogP contribution in [-0.4, -0.2) is 48.6 Å². The molecule has 176 valence electrons. The Morgan fingerprint density at radius 2 is 0.793 bits per heavy atom. The molecule has 0 bridgehead atoms. The summed E-state index contributed by atoms with van der Waals surface area (Å²) < 4.78 is 0. The van der Waals surface area contributed by atoms with E-state index in [-0.39, 0.29) is 0 Å². The van der Waals surface area contributed by atoms with Crippen molar-refractivity contribution in [3.8, 4) is 0 Å². The van der Waals surface area contributed by atoms with E-state index < -0.39 is 0 Å². The molecule has 0 rings (SSSR count). The van der Waals surface area contributed by atoms with Gasteiger partial charge in [-0.25, -0.2) is 0 Å². The molecule has 0 aliphatic heterocycles. The Kier molecular flexibility index (Phi) is 22.5. The van der Waals surface area contributed by atoms with Crippen molar-refractivity contribution in [2.24, 2.45) is 0 Å². The molecule has 0 saturated carbocycles. The first kappa shape index (κ1) is 28.9. The minimum absolute atomic E-state index is 0.704. The van der Waals surface area contributed by atoms with Crippen LogP contribution < -0.4 is 0 Å². The van der Waals surface area contributed by atoms with Crippen molar-refractivity contribution >= 4 is 0 Å². The lowest BCUT2D eigenvalue weighted by molar-refractivity contribution is 0.140. The summed E-state index contributed by atoms with van der Waals surface area (Å²) in [6.07, 6.45) is 22.2. The molecule has 1 atom stereocenters. The van der Waals surface area contributed by atoms with Crippen molar-refractivity contribution in [1.82, 2.24) is 9.80 Å². The highest BCUT2D eigenvalue weighted by atomic mass is 15.2. The minimum atomic E-state index is 0.704. The van der Waals surface area contributed by atoms with Crippen molar-refractivity contribution in [2.75, 3.05) is 32.7 Å². The first-order chi connectivity index (χ1) is 14.2. The molecule has 0 heterocycles. The van der Waals surface area contributed by atoms with Crippen LogP contribution in [-0.2, 0) is 0 Å². The van der Waals surface area contributed by atoms with Gasteiger partial charge in [0.1, 0.15) is 0 Å². The quantitative estimate of drug-likeness (QED) is 0.156. The Morgan fingerprint density at radius 1 is 0.448 bits per heavy atom. The second kappa shape index (κ2) is 22.6. The van der Waals surface area contributed by atoms with Crippen LogP contribution in [0.1, 0.15) is 137 Å². The van der Waals surface area contributed by atoms with Gasteiger partial charge in [-0.05, 0) is 58.8 Å². The largest absolute Gasteiger partial charge is 0.302 e. The molecule has 2 heteroatoms. The van der Waals surface area contributed by atoms with E-state index in [1.54, 1.807) is 0 Å². The van der Waals surface area contributed by atoms with Crippen molar-refractivity contribution < 1.29 is 0 Å². The van der Waals surface area contributed by atoms with E-state index in [0.717, 1.165) is 0 Å². The molecule has 0 fully saturated rings. The van der Waals surface area contributed by atoms with Crippen molar-refractivity contribution in [3.63, 3.8) is 0 Å². The van der Waals surface area contributed by atoms with Crippen LogP contribution in [0.3, 0.4) is 0 Å². The van der Waals surface area contributed by atoms with E-state index in [2.05, 4.69) is 44.4 Å². The Balaban J connectivity index is 4.58. The zero-order valence-corrected chi connectivity index (χ0v) is 21.3. The summed E-state index contributed by atoms with van der Waals surface area (Å²) >= 11 is 0. The molecule has 0 aromatic rings. The molecule has 0 aromatic heterocycles. The smallest absolute Gasteiger partial charge is 0.0194 e. The standard InChI is InChI=1S/C27H58N2/c1-6-10-14-18-22-28(23-19-15-11-7-2)26-27(5)29(24-20-16-12-8-3)25-21-17-13-9-4/h27H,6-26H2,1-5H3. The van der Waals surface area contributed by atoms with E-state index >= 15 is 0 Å². The third-order valence-corrected chi connectivity index (χ3v) is 6.40. The second-order valence-electron chi connectivity index (χ2n) is 9.43. The molecule has 0 aliphatic rings. The lowest BCUT2D eigenvalue weighted by Crippen LogP contribution is -2.44. The normalized spacial score (nSPS) is 12.9. The first-order valence-corrected chi connectivity index (χ1v) is 13.7. The van der Waals surface area contributed by atoms with Crippen molar-refractivity contribution in [2.45, 2.75) is 143 Å². The van der Waals surface area contributed by atoms with Crippen LogP contribution in [0, 0.1) is 0 Å². The fourth-order valence-electron chi connectivity index (χ4n) is 4.34. The highest BCUT2D eigenvalue weighted by Crippen LogP contribution is 2.12. The molecule has 0 saturated heterocycles. The summed E-state index contributed by atoms with van der Waals surface area (Å²) in [5.41, 5.74) is 0. The monoisotopic (exact) mass is 410 g/mol. The lowest BCUT2D eigenvalue weighted by Gasteiger charge is -2.34. The van der Waals surface area contributed by atoms with Gasteiger partial charge in [0.25, 0.3) is 0 Å². The zero-order valence-electron chi connectivity index (χ0n) is 21.3. The Labute approximate surface area is 186 Å². The molecule has 0 N–H and O–H groups in total. The van der Waals surface area contributed by atoms with Gasteiger partial charge in [-0.2, -0.15) is 0 Å². The molecule has 0 spiro atoms. The van der Waals surface area contributed by atoms with Gasteiger partial charge in [-0.3, -0.25) is 4.90 Å². The first-order valence-electron chi connectivity index (χ1n) is 13.7. The third kappa shape index (κ3) is 18.4. The fourth-order valence-corrected chi connectivity index (χ4v) is 4.34. The molecule has 0 radical (unpaired) electrons. The molecular weight excluding hydrogens is 352 g/mol. The van der Waals surface area contributed by atoms with Gasteiger partial charge in [0.05, 0.1) is 0 Å². The average Bonchev–Trinajstić information content (AvgIpc) is 2.72. The van der Waals surface area contributed by atoms with E-state index in [9.17, 15) is 0 Å². The lowest BCUT2D eigenvalue weighted by atomic mass is 10.1. The van der Waals surface area contributed by atoms with E-state index in [1.807, 2.05) is 0 Å². The maximum Gasteiger partial charge on any atom is 0.0194 e. The van der Waals surface area contributed by atoms with Crippen LogP contribution in [0.25, 0.3) is 0 Å². The molecule has 29 heavy (non-hydrogen) atoms.